The Morgan fingerprint density at radius 1 is 1.40 bits per heavy atom. The van der Waals surface area contributed by atoms with E-state index in [1.54, 1.807) is 39.8 Å². The topological polar surface area (TPSA) is 65.2 Å². The largest absolute Gasteiger partial charge is 0.455 e. The third kappa shape index (κ3) is 3.23. The van der Waals surface area contributed by atoms with Gasteiger partial charge in [-0.3, -0.25) is 0 Å². The van der Waals surface area contributed by atoms with Crippen LogP contribution in [0.2, 0.25) is 0 Å². The second-order valence-electron chi connectivity index (χ2n) is 4.39. The lowest BCUT2D eigenvalue weighted by Gasteiger charge is -2.19. The average Bonchev–Trinajstić information content (AvgIpc) is 2.06. The summed E-state index contributed by atoms with van der Waals surface area (Å²) >= 11 is 0. The minimum atomic E-state index is -0.533. The Hall–Kier alpha value is -1.58. The van der Waals surface area contributed by atoms with E-state index < -0.39 is 11.6 Å². The maximum absolute atomic E-state index is 11.7. The van der Waals surface area contributed by atoms with Gasteiger partial charge in [-0.25, -0.2) is 9.78 Å². The molecular formula is C11H16N2O2. The molecule has 1 aromatic heterocycles. The van der Waals surface area contributed by atoms with Gasteiger partial charge < -0.3 is 10.5 Å². The number of carbonyl (C=O) groups excluding carboxylic acids is 1. The zero-order chi connectivity index (χ0) is 11.6. The van der Waals surface area contributed by atoms with E-state index in [9.17, 15) is 4.79 Å². The van der Waals surface area contributed by atoms with Gasteiger partial charge in [0.05, 0.1) is 5.69 Å². The summed E-state index contributed by atoms with van der Waals surface area (Å²) in [7, 11) is 0. The van der Waals surface area contributed by atoms with Crippen molar-refractivity contribution in [2.75, 3.05) is 5.73 Å². The predicted molar refractivity (Wildman–Crippen MR) is 58.6 cm³/mol. The first kappa shape index (κ1) is 11.5. The Morgan fingerprint density at radius 2 is 2.00 bits per heavy atom. The van der Waals surface area contributed by atoms with Crippen molar-refractivity contribution in [3.05, 3.63) is 23.5 Å². The molecule has 1 heterocycles. The second-order valence-corrected chi connectivity index (χ2v) is 4.39. The zero-order valence-electron chi connectivity index (χ0n) is 9.50. The number of aryl methyl sites for hydroxylation is 1. The molecule has 15 heavy (non-hydrogen) atoms. The molecule has 4 heteroatoms. The quantitative estimate of drug-likeness (QED) is 0.716. The van der Waals surface area contributed by atoms with E-state index in [0.717, 1.165) is 5.69 Å². The molecule has 0 spiro atoms. The van der Waals surface area contributed by atoms with Gasteiger partial charge in [-0.15, -0.1) is 0 Å². The summed E-state index contributed by atoms with van der Waals surface area (Å²) in [6, 6.07) is 3.41. The number of carbonyl (C=O) groups is 1. The first-order chi connectivity index (χ1) is 6.79. The van der Waals surface area contributed by atoms with E-state index in [-0.39, 0.29) is 5.69 Å². The molecule has 0 amide bonds. The molecule has 0 aliphatic rings. The fourth-order valence-corrected chi connectivity index (χ4v) is 1.06. The molecule has 0 saturated heterocycles. The van der Waals surface area contributed by atoms with Crippen LogP contribution in [0, 0.1) is 6.92 Å². The summed E-state index contributed by atoms with van der Waals surface area (Å²) < 4.78 is 5.18. The number of nitrogens with zero attached hydrogens (tertiary/aromatic N) is 1. The van der Waals surface area contributed by atoms with Crippen molar-refractivity contribution in [2.45, 2.75) is 33.3 Å². The van der Waals surface area contributed by atoms with E-state index in [1.807, 2.05) is 0 Å². The van der Waals surface area contributed by atoms with Gasteiger partial charge in [0.15, 0.2) is 5.69 Å². The van der Waals surface area contributed by atoms with Crippen LogP contribution in [-0.2, 0) is 4.74 Å². The highest BCUT2D eigenvalue weighted by atomic mass is 16.6. The Bertz CT molecular complexity index is 381. The smallest absolute Gasteiger partial charge is 0.359 e. The molecular weight excluding hydrogens is 192 g/mol. The maximum atomic E-state index is 11.7. The van der Waals surface area contributed by atoms with Gasteiger partial charge in [-0.2, -0.15) is 0 Å². The molecule has 0 atom stereocenters. The number of aromatic nitrogens is 1. The van der Waals surface area contributed by atoms with E-state index in [1.165, 1.54) is 0 Å². The fraction of sp³-hybridized carbons (Fsp3) is 0.455. The van der Waals surface area contributed by atoms with Crippen LogP contribution in [0.4, 0.5) is 5.69 Å². The van der Waals surface area contributed by atoms with E-state index in [2.05, 4.69) is 4.98 Å². The monoisotopic (exact) mass is 208 g/mol. The maximum Gasteiger partial charge on any atom is 0.359 e. The van der Waals surface area contributed by atoms with E-state index in [0.29, 0.717) is 5.69 Å². The Labute approximate surface area is 89.5 Å². The lowest BCUT2D eigenvalue weighted by Crippen LogP contribution is -2.25. The van der Waals surface area contributed by atoms with Crippen LogP contribution in [0.25, 0.3) is 0 Å². The molecule has 0 fully saturated rings. The van der Waals surface area contributed by atoms with Crippen molar-refractivity contribution < 1.29 is 9.53 Å². The summed E-state index contributed by atoms with van der Waals surface area (Å²) in [6.45, 7) is 7.21. The molecule has 4 nitrogen and oxygen atoms in total. The van der Waals surface area contributed by atoms with Crippen LogP contribution in [0.15, 0.2) is 12.1 Å². The molecule has 0 aliphatic carbocycles. The van der Waals surface area contributed by atoms with Crippen molar-refractivity contribution in [1.29, 1.82) is 0 Å². The summed E-state index contributed by atoms with van der Waals surface area (Å²) in [5, 5.41) is 0. The number of anilines is 1. The number of ether oxygens (including phenoxy) is 1. The van der Waals surface area contributed by atoms with Crippen LogP contribution in [-0.4, -0.2) is 16.6 Å². The van der Waals surface area contributed by atoms with Crippen molar-refractivity contribution >= 4 is 11.7 Å². The standard InChI is InChI=1S/C11H16N2O2/c1-7-5-6-8(12)9(13-7)10(14)15-11(2,3)4/h5-6H,12H2,1-4H3. The third-order valence-electron chi connectivity index (χ3n) is 1.66. The Balaban J connectivity index is 2.96. The normalized spacial score (nSPS) is 11.2. The molecule has 2 N–H and O–H groups in total. The highest BCUT2D eigenvalue weighted by Gasteiger charge is 2.20. The van der Waals surface area contributed by atoms with E-state index in [4.69, 9.17) is 10.5 Å². The fourth-order valence-electron chi connectivity index (χ4n) is 1.06. The van der Waals surface area contributed by atoms with Crippen LogP contribution in [0.5, 0.6) is 0 Å². The number of nitrogen functional groups attached to an aromatic ring is 1. The van der Waals surface area contributed by atoms with Gasteiger partial charge in [-0.05, 0) is 39.8 Å². The van der Waals surface area contributed by atoms with E-state index >= 15 is 0 Å². The highest BCUT2D eigenvalue weighted by Crippen LogP contribution is 2.15. The molecule has 0 aliphatic heterocycles. The number of hydrogen-bond donors (Lipinski definition) is 1. The number of rotatable bonds is 1. The zero-order valence-corrected chi connectivity index (χ0v) is 9.50. The van der Waals surface area contributed by atoms with Gasteiger partial charge >= 0.3 is 5.97 Å². The number of pyridine rings is 1. The first-order valence-electron chi connectivity index (χ1n) is 4.76. The molecule has 1 aromatic rings. The average molecular weight is 208 g/mol. The molecule has 0 radical (unpaired) electrons. The molecule has 0 bridgehead atoms. The molecule has 1 rings (SSSR count). The third-order valence-corrected chi connectivity index (χ3v) is 1.66. The van der Waals surface area contributed by atoms with Crippen LogP contribution >= 0.6 is 0 Å². The summed E-state index contributed by atoms with van der Waals surface area (Å²) in [5.41, 5.74) is 6.38. The lowest BCUT2D eigenvalue weighted by molar-refractivity contribution is 0.00640. The van der Waals surface area contributed by atoms with Gasteiger partial charge in [0.25, 0.3) is 0 Å². The second kappa shape index (κ2) is 3.88. The first-order valence-corrected chi connectivity index (χ1v) is 4.76. The van der Waals surface area contributed by atoms with Crippen molar-refractivity contribution in [1.82, 2.24) is 4.98 Å². The van der Waals surface area contributed by atoms with Gasteiger partial charge in [0, 0.05) is 5.69 Å². The van der Waals surface area contributed by atoms with Crippen molar-refractivity contribution in [3.63, 3.8) is 0 Å². The summed E-state index contributed by atoms with van der Waals surface area (Å²) in [5.74, 6) is -0.483. The van der Waals surface area contributed by atoms with Crippen LogP contribution < -0.4 is 5.73 Å². The van der Waals surface area contributed by atoms with Crippen molar-refractivity contribution in [2.24, 2.45) is 0 Å². The molecule has 0 saturated carbocycles. The minimum absolute atomic E-state index is 0.185. The van der Waals surface area contributed by atoms with Gasteiger partial charge in [0.2, 0.25) is 0 Å². The lowest BCUT2D eigenvalue weighted by atomic mass is 10.2. The van der Waals surface area contributed by atoms with Crippen LogP contribution in [0.1, 0.15) is 37.0 Å². The molecule has 0 aromatic carbocycles. The Kier molecular flexibility index (Phi) is 2.98. The highest BCUT2D eigenvalue weighted by molar-refractivity contribution is 5.93. The molecule has 0 unspecified atom stereocenters. The van der Waals surface area contributed by atoms with Crippen molar-refractivity contribution in [3.8, 4) is 0 Å². The number of hydrogen-bond acceptors (Lipinski definition) is 4. The summed E-state index contributed by atoms with van der Waals surface area (Å²) in [4.78, 5) is 15.7. The number of nitrogens with two attached hydrogens (primary N) is 1. The Morgan fingerprint density at radius 3 is 2.53 bits per heavy atom. The van der Waals surface area contributed by atoms with Gasteiger partial charge in [-0.1, -0.05) is 0 Å². The molecule has 82 valence electrons. The SMILES string of the molecule is Cc1ccc(N)c(C(=O)OC(C)(C)C)n1. The minimum Gasteiger partial charge on any atom is -0.455 e. The van der Waals surface area contributed by atoms with Gasteiger partial charge in [0.1, 0.15) is 5.60 Å². The predicted octanol–water partition coefficient (Wildman–Crippen LogP) is 1.93. The van der Waals surface area contributed by atoms with Crippen LogP contribution in [0.3, 0.4) is 0 Å². The number of esters is 1. The summed E-state index contributed by atoms with van der Waals surface area (Å²) in [6.07, 6.45) is 0.